The van der Waals surface area contributed by atoms with Crippen molar-refractivity contribution in [3.05, 3.63) is 53.9 Å². The highest BCUT2D eigenvalue weighted by Crippen LogP contribution is 2.28. The summed E-state index contributed by atoms with van der Waals surface area (Å²) in [7, 11) is 0. The molecule has 0 fully saturated rings. The van der Waals surface area contributed by atoms with E-state index in [2.05, 4.69) is 10.3 Å². The minimum Gasteiger partial charge on any atom is -0.424 e. The van der Waals surface area contributed by atoms with Gasteiger partial charge < -0.3 is 20.9 Å². The predicted octanol–water partition coefficient (Wildman–Crippen LogP) is 3.68. The van der Waals surface area contributed by atoms with E-state index in [1.807, 2.05) is 6.08 Å². The van der Waals surface area contributed by atoms with Crippen molar-refractivity contribution in [3.8, 4) is 0 Å². The van der Waals surface area contributed by atoms with E-state index >= 15 is 0 Å². The Morgan fingerprint density at radius 3 is 3.09 bits per heavy atom. The van der Waals surface area contributed by atoms with Crippen molar-refractivity contribution in [3.63, 3.8) is 0 Å². The van der Waals surface area contributed by atoms with E-state index < -0.39 is 6.17 Å². The number of hydrogen-bond donors (Lipinski definition) is 3. The van der Waals surface area contributed by atoms with Gasteiger partial charge in [-0.05, 0) is 23.8 Å². The number of alkyl halides is 1. The third kappa shape index (κ3) is 2.90. The number of hydrogen-bond acceptors (Lipinski definition) is 5. The molecule has 0 saturated heterocycles. The highest BCUT2D eigenvalue weighted by atomic mass is 19.1. The molecule has 1 heterocycles. The number of nitrogens with two attached hydrogens (primary N) is 1. The molecular weight excluding hydrogens is 283 g/mol. The molecule has 0 aliphatic heterocycles. The van der Waals surface area contributed by atoms with Crippen LogP contribution in [0, 0.1) is 5.41 Å². The lowest BCUT2D eigenvalue weighted by molar-refractivity contribution is 0.403. The van der Waals surface area contributed by atoms with Gasteiger partial charge in [0.1, 0.15) is 6.17 Å². The van der Waals surface area contributed by atoms with E-state index in [1.54, 1.807) is 30.5 Å². The second kappa shape index (κ2) is 5.85. The van der Waals surface area contributed by atoms with Gasteiger partial charge in [-0.2, -0.15) is 0 Å². The number of nitrogens with zero attached hydrogens (tertiary/aromatic N) is 1. The normalized spacial score (nSPS) is 17.1. The summed E-state index contributed by atoms with van der Waals surface area (Å²) in [6, 6.07) is 5.51. The maximum atomic E-state index is 13.4. The third-order valence-electron chi connectivity index (χ3n) is 3.35. The molecule has 22 heavy (non-hydrogen) atoms. The second-order valence-corrected chi connectivity index (χ2v) is 4.94. The third-order valence-corrected chi connectivity index (χ3v) is 3.35. The Labute approximate surface area is 126 Å². The minimum absolute atomic E-state index is 0.283. The van der Waals surface area contributed by atoms with E-state index in [0.717, 1.165) is 5.57 Å². The zero-order valence-corrected chi connectivity index (χ0v) is 11.7. The highest BCUT2D eigenvalue weighted by molar-refractivity contribution is 5.87. The van der Waals surface area contributed by atoms with E-state index in [4.69, 9.17) is 15.6 Å². The first-order valence-electron chi connectivity index (χ1n) is 6.80. The lowest BCUT2D eigenvalue weighted by Gasteiger charge is -2.09. The second-order valence-electron chi connectivity index (χ2n) is 4.94. The fourth-order valence-corrected chi connectivity index (χ4v) is 2.20. The number of rotatable bonds is 4. The molecular formula is C16H15FN4O. The van der Waals surface area contributed by atoms with Gasteiger partial charge in [0.15, 0.2) is 5.76 Å². The summed E-state index contributed by atoms with van der Waals surface area (Å²) in [6.45, 7) is 0. The fraction of sp³-hybridized carbons (Fsp3) is 0.125. The van der Waals surface area contributed by atoms with Crippen LogP contribution in [-0.2, 0) is 0 Å². The largest absolute Gasteiger partial charge is 0.424 e. The van der Waals surface area contributed by atoms with Crippen LogP contribution in [0.1, 0.15) is 17.7 Å². The van der Waals surface area contributed by atoms with Crippen LogP contribution in [0.2, 0.25) is 0 Å². The van der Waals surface area contributed by atoms with Gasteiger partial charge in [0.25, 0.3) is 6.01 Å². The van der Waals surface area contributed by atoms with Crippen molar-refractivity contribution in [2.24, 2.45) is 0 Å². The molecule has 4 N–H and O–H groups in total. The van der Waals surface area contributed by atoms with Gasteiger partial charge in [-0.1, -0.05) is 18.2 Å². The molecule has 1 unspecified atom stereocenters. The molecule has 0 bridgehead atoms. The van der Waals surface area contributed by atoms with Gasteiger partial charge in [0.2, 0.25) is 0 Å². The Kier molecular flexibility index (Phi) is 3.74. The molecule has 5 nitrogen and oxygen atoms in total. The van der Waals surface area contributed by atoms with Crippen molar-refractivity contribution in [2.75, 3.05) is 11.1 Å². The molecule has 0 saturated carbocycles. The zero-order chi connectivity index (χ0) is 15.5. The van der Waals surface area contributed by atoms with E-state index in [9.17, 15) is 4.39 Å². The zero-order valence-electron chi connectivity index (χ0n) is 11.7. The first-order valence-corrected chi connectivity index (χ1v) is 6.80. The lowest BCUT2D eigenvalue weighted by atomic mass is 10.0. The highest BCUT2D eigenvalue weighted by Gasteiger charge is 2.15. The fourth-order valence-electron chi connectivity index (χ4n) is 2.20. The average Bonchev–Trinajstić information content (AvgIpc) is 2.98. The molecule has 2 aromatic rings. The maximum absolute atomic E-state index is 13.4. The average molecular weight is 298 g/mol. The Hall–Kier alpha value is -2.89. The Morgan fingerprint density at radius 2 is 2.32 bits per heavy atom. The molecule has 1 aliphatic carbocycles. The summed E-state index contributed by atoms with van der Waals surface area (Å²) in [5, 5.41) is 10.3. The van der Waals surface area contributed by atoms with Crippen LogP contribution < -0.4 is 11.1 Å². The van der Waals surface area contributed by atoms with Gasteiger partial charge >= 0.3 is 0 Å². The first-order chi connectivity index (χ1) is 10.7. The number of oxazole rings is 1. The summed E-state index contributed by atoms with van der Waals surface area (Å²) in [5.74, 6) is 0.539. The summed E-state index contributed by atoms with van der Waals surface area (Å²) in [4.78, 5) is 4.14. The van der Waals surface area contributed by atoms with Crippen LogP contribution in [0.5, 0.6) is 0 Å². The van der Waals surface area contributed by atoms with Gasteiger partial charge in [-0.15, -0.1) is 0 Å². The minimum atomic E-state index is -0.992. The number of allylic oxidation sites excluding steroid dienone is 4. The van der Waals surface area contributed by atoms with Crippen molar-refractivity contribution in [1.82, 2.24) is 4.98 Å². The van der Waals surface area contributed by atoms with Crippen molar-refractivity contribution in [2.45, 2.75) is 12.6 Å². The van der Waals surface area contributed by atoms with Crippen LogP contribution in [0.15, 0.2) is 47.0 Å². The van der Waals surface area contributed by atoms with Crippen LogP contribution >= 0.6 is 0 Å². The van der Waals surface area contributed by atoms with Gasteiger partial charge in [0.05, 0.1) is 6.20 Å². The number of benzene rings is 1. The van der Waals surface area contributed by atoms with Crippen molar-refractivity contribution < 1.29 is 8.81 Å². The standard InChI is InChI=1S/C16H15FN4O/c17-12-3-1-2-10(6-12)15-9-20-16(22-15)21-13-4-5-14(19)11(7-13)8-18/h1-5,7-9,12,18H,6,19H2,(H,20,21). The molecule has 112 valence electrons. The van der Waals surface area contributed by atoms with Crippen molar-refractivity contribution >= 4 is 29.2 Å². The molecule has 0 radical (unpaired) electrons. The number of anilines is 3. The molecule has 6 heteroatoms. The monoisotopic (exact) mass is 298 g/mol. The van der Waals surface area contributed by atoms with Crippen molar-refractivity contribution in [1.29, 1.82) is 5.41 Å². The van der Waals surface area contributed by atoms with Gasteiger partial charge in [0, 0.05) is 29.6 Å². The van der Waals surface area contributed by atoms with Crippen LogP contribution in [0.4, 0.5) is 21.8 Å². The molecule has 1 aliphatic rings. The molecule has 0 amide bonds. The number of aromatic nitrogens is 1. The van der Waals surface area contributed by atoms with Crippen LogP contribution in [-0.4, -0.2) is 17.4 Å². The summed E-state index contributed by atoms with van der Waals surface area (Å²) >= 11 is 0. The quantitative estimate of drug-likeness (QED) is 0.593. The molecule has 3 rings (SSSR count). The lowest BCUT2D eigenvalue weighted by Crippen LogP contribution is -2.00. The van der Waals surface area contributed by atoms with E-state index in [0.29, 0.717) is 28.7 Å². The van der Waals surface area contributed by atoms with E-state index in [1.165, 1.54) is 12.3 Å². The van der Waals surface area contributed by atoms with E-state index in [-0.39, 0.29) is 6.42 Å². The van der Waals surface area contributed by atoms with Gasteiger partial charge in [-0.3, -0.25) is 0 Å². The summed E-state index contributed by atoms with van der Waals surface area (Å²) in [6.07, 6.45) is 7.04. The molecule has 1 aromatic heterocycles. The smallest absolute Gasteiger partial charge is 0.299 e. The van der Waals surface area contributed by atoms with Gasteiger partial charge in [-0.25, -0.2) is 9.37 Å². The molecule has 0 spiro atoms. The first kappa shape index (κ1) is 14.1. The Morgan fingerprint density at radius 1 is 1.45 bits per heavy atom. The Bertz CT molecular complexity index is 763. The molecule has 1 atom stereocenters. The van der Waals surface area contributed by atoms with Crippen LogP contribution in [0.3, 0.4) is 0 Å². The van der Waals surface area contributed by atoms with Crippen LogP contribution in [0.25, 0.3) is 5.57 Å². The summed E-state index contributed by atoms with van der Waals surface area (Å²) < 4.78 is 19.0. The SMILES string of the molecule is N=Cc1cc(Nc2ncc(C3=CC=CC(F)C3)o2)ccc1N. The maximum Gasteiger partial charge on any atom is 0.299 e. The summed E-state index contributed by atoms with van der Waals surface area (Å²) in [5.41, 5.74) is 8.36. The topological polar surface area (TPSA) is 87.9 Å². The predicted molar refractivity (Wildman–Crippen MR) is 85.2 cm³/mol. The molecule has 1 aromatic carbocycles. The Balaban J connectivity index is 1.79. The number of nitrogen functional groups attached to an aromatic ring is 1. The number of nitrogens with one attached hydrogen (secondary N) is 2. The number of halogens is 1.